The fourth-order valence-corrected chi connectivity index (χ4v) is 2.74. The van der Waals surface area contributed by atoms with Crippen molar-refractivity contribution in [1.82, 2.24) is 29.6 Å². The fourth-order valence-electron chi connectivity index (χ4n) is 2.74. The molecule has 0 aliphatic carbocycles. The van der Waals surface area contributed by atoms with Crippen LogP contribution in [0.2, 0.25) is 0 Å². The molecule has 0 fully saturated rings. The van der Waals surface area contributed by atoms with Crippen molar-refractivity contribution in [3.05, 3.63) is 48.6 Å². The largest absolute Gasteiger partial charge is 0.441 e. The first-order chi connectivity index (χ1) is 11.8. The van der Waals surface area contributed by atoms with Crippen molar-refractivity contribution in [2.45, 2.75) is 25.9 Å². The second kappa shape index (κ2) is 6.23. The first-order valence-corrected chi connectivity index (χ1v) is 7.79. The Labute approximate surface area is 138 Å². The highest BCUT2D eigenvalue weighted by Crippen LogP contribution is 2.25. The Hall–Kier alpha value is -3.03. The summed E-state index contributed by atoms with van der Waals surface area (Å²) >= 11 is 0. The van der Waals surface area contributed by atoms with Crippen molar-refractivity contribution in [3.8, 4) is 11.5 Å². The van der Waals surface area contributed by atoms with E-state index in [1.54, 1.807) is 29.6 Å². The Kier molecular flexibility index (Phi) is 3.78. The zero-order valence-corrected chi connectivity index (χ0v) is 13.0. The Balaban J connectivity index is 1.44. The molecule has 1 aliphatic rings. The molecule has 0 saturated heterocycles. The maximum atomic E-state index is 12.4. The molecule has 3 aromatic heterocycles. The summed E-state index contributed by atoms with van der Waals surface area (Å²) in [7, 11) is 0. The zero-order chi connectivity index (χ0) is 16.4. The van der Waals surface area contributed by atoms with Gasteiger partial charge in [-0.1, -0.05) is 0 Å². The minimum absolute atomic E-state index is 0.0975. The summed E-state index contributed by atoms with van der Waals surface area (Å²) in [5.41, 5.74) is 1.68. The number of carbonyl (C=O) groups is 1. The van der Waals surface area contributed by atoms with Crippen molar-refractivity contribution in [2.75, 3.05) is 6.54 Å². The average molecular weight is 324 g/mol. The van der Waals surface area contributed by atoms with Gasteiger partial charge in [0.2, 0.25) is 11.8 Å². The van der Waals surface area contributed by atoms with Gasteiger partial charge in [-0.05, 0) is 12.1 Å². The number of hydrogen-bond donors (Lipinski definition) is 0. The summed E-state index contributed by atoms with van der Waals surface area (Å²) < 4.78 is 7.62. The smallest absolute Gasteiger partial charge is 0.228 e. The highest BCUT2D eigenvalue weighted by atomic mass is 16.4. The third-order valence-electron chi connectivity index (χ3n) is 4.04. The number of pyridine rings is 1. The van der Waals surface area contributed by atoms with Crippen molar-refractivity contribution in [1.29, 1.82) is 0 Å². The van der Waals surface area contributed by atoms with Gasteiger partial charge in [0.15, 0.2) is 0 Å². The first kappa shape index (κ1) is 14.6. The molecule has 0 N–H and O–H groups in total. The highest BCUT2D eigenvalue weighted by molar-refractivity contribution is 5.76. The van der Waals surface area contributed by atoms with Crippen LogP contribution < -0.4 is 0 Å². The van der Waals surface area contributed by atoms with Crippen LogP contribution in [0.4, 0.5) is 0 Å². The van der Waals surface area contributed by atoms with Crippen molar-refractivity contribution in [2.24, 2.45) is 0 Å². The van der Waals surface area contributed by atoms with Gasteiger partial charge in [0.05, 0.1) is 12.1 Å². The molecule has 1 amide bonds. The van der Waals surface area contributed by atoms with Gasteiger partial charge < -0.3 is 13.9 Å². The molecule has 4 rings (SSSR count). The second-order valence-corrected chi connectivity index (χ2v) is 5.65. The molecular formula is C16H16N6O2. The quantitative estimate of drug-likeness (QED) is 0.718. The van der Waals surface area contributed by atoms with E-state index in [1.165, 1.54) is 0 Å². The predicted molar refractivity (Wildman–Crippen MR) is 83.5 cm³/mol. The third-order valence-corrected chi connectivity index (χ3v) is 4.04. The van der Waals surface area contributed by atoms with Gasteiger partial charge in [-0.25, -0.2) is 4.98 Å². The van der Waals surface area contributed by atoms with Crippen LogP contribution in [0.25, 0.3) is 11.5 Å². The monoisotopic (exact) mass is 324 g/mol. The fraction of sp³-hybridized carbons (Fsp3) is 0.312. The number of carbonyl (C=O) groups excluding carboxylic acids is 1. The normalized spacial score (nSPS) is 13.8. The van der Waals surface area contributed by atoms with Crippen molar-refractivity contribution in [3.63, 3.8) is 0 Å². The second-order valence-electron chi connectivity index (χ2n) is 5.65. The lowest BCUT2D eigenvalue weighted by molar-refractivity contribution is -0.132. The predicted octanol–water partition coefficient (Wildman–Crippen LogP) is 1.30. The zero-order valence-electron chi connectivity index (χ0n) is 13.0. The Morgan fingerprint density at radius 3 is 2.96 bits per heavy atom. The van der Waals surface area contributed by atoms with E-state index in [0.29, 0.717) is 38.4 Å². The van der Waals surface area contributed by atoms with Crippen molar-refractivity contribution >= 4 is 5.91 Å². The molecule has 4 heterocycles. The molecule has 0 aromatic carbocycles. The van der Waals surface area contributed by atoms with Crippen LogP contribution in [0, 0.1) is 0 Å². The maximum Gasteiger partial charge on any atom is 0.228 e. The topological polar surface area (TPSA) is 89.9 Å². The van der Waals surface area contributed by atoms with Crippen LogP contribution in [-0.2, 0) is 24.3 Å². The summed E-state index contributed by atoms with van der Waals surface area (Å²) in [6, 6.07) is 3.76. The number of hydrogen-bond acceptors (Lipinski definition) is 6. The maximum absolute atomic E-state index is 12.4. The molecule has 0 saturated carbocycles. The van der Waals surface area contributed by atoms with Crippen LogP contribution in [0.3, 0.4) is 0 Å². The SMILES string of the molecule is O=C(CCn1cnnc1)N1CCc2oc(-c3cccnc3)nc2C1. The van der Waals surface area contributed by atoms with E-state index in [9.17, 15) is 4.79 Å². The molecule has 8 nitrogen and oxygen atoms in total. The Morgan fingerprint density at radius 1 is 1.29 bits per heavy atom. The molecule has 0 radical (unpaired) electrons. The van der Waals surface area contributed by atoms with Crippen LogP contribution in [0.15, 0.2) is 41.6 Å². The minimum Gasteiger partial charge on any atom is -0.441 e. The number of oxazole rings is 1. The van der Waals surface area contributed by atoms with E-state index in [1.807, 2.05) is 17.0 Å². The molecule has 3 aromatic rings. The van der Waals surface area contributed by atoms with Crippen LogP contribution in [0.1, 0.15) is 17.9 Å². The number of rotatable bonds is 4. The summed E-state index contributed by atoms with van der Waals surface area (Å²) in [5, 5.41) is 7.47. The van der Waals surface area contributed by atoms with Crippen LogP contribution in [-0.4, -0.2) is 42.1 Å². The average Bonchev–Trinajstić information content (AvgIpc) is 3.29. The number of fused-ring (bicyclic) bond motifs is 1. The lowest BCUT2D eigenvalue weighted by atomic mass is 10.1. The third kappa shape index (κ3) is 2.90. The van der Waals surface area contributed by atoms with E-state index in [0.717, 1.165) is 17.0 Å². The van der Waals surface area contributed by atoms with Gasteiger partial charge >= 0.3 is 0 Å². The number of aryl methyl sites for hydroxylation is 1. The summed E-state index contributed by atoms with van der Waals surface area (Å²) in [6.07, 6.45) is 7.75. The Morgan fingerprint density at radius 2 is 2.17 bits per heavy atom. The van der Waals surface area contributed by atoms with Crippen LogP contribution in [0.5, 0.6) is 0 Å². The molecule has 0 atom stereocenters. The van der Waals surface area contributed by atoms with E-state index in [2.05, 4.69) is 20.2 Å². The summed E-state index contributed by atoms with van der Waals surface area (Å²) in [4.78, 5) is 22.8. The summed E-state index contributed by atoms with van der Waals surface area (Å²) in [5.74, 6) is 1.52. The van der Waals surface area contributed by atoms with Gasteiger partial charge in [-0.3, -0.25) is 9.78 Å². The lowest BCUT2D eigenvalue weighted by Gasteiger charge is -2.25. The lowest BCUT2D eigenvalue weighted by Crippen LogP contribution is -2.36. The molecule has 0 spiro atoms. The molecule has 1 aliphatic heterocycles. The number of nitrogens with zero attached hydrogens (tertiary/aromatic N) is 6. The minimum atomic E-state index is 0.0975. The molecule has 122 valence electrons. The van der Waals surface area contributed by atoms with E-state index in [4.69, 9.17) is 4.42 Å². The summed E-state index contributed by atoms with van der Waals surface area (Å²) in [6.45, 7) is 1.71. The van der Waals surface area contributed by atoms with Crippen molar-refractivity contribution < 1.29 is 9.21 Å². The Bertz CT molecular complexity index is 828. The van der Waals surface area contributed by atoms with Gasteiger partial charge in [0, 0.05) is 38.3 Å². The standard InChI is InChI=1S/C16H16N6O2/c23-15(4-6-21-10-18-19-11-21)22-7-3-14-13(9-22)20-16(24-14)12-2-1-5-17-8-12/h1-2,5,8,10-11H,3-4,6-7,9H2. The van der Waals surface area contributed by atoms with E-state index >= 15 is 0 Å². The van der Waals surface area contributed by atoms with E-state index < -0.39 is 0 Å². The highest BCUT2D eigenvalue weighted by Gasteiger charge is 2.25. The number of aromatic nitrogens is 5. The molecule has 0 unspecified atom stereocenters. The number of amides is 1. The molecule has 24 heavy (non-hydrogen) atoms. The molecule has 8 heteroatoms. The van der Waals surface area contributed by atoms with Gasteiger partial charge in [-0.2, -0.15) is 0 Å². The van der Waals surface area contributed by atoms with E-state index in [-0.39, 0.29) is 5.91 Å². The molecule has 0 bridgehead atoms. The van der Waals surface area contributed by atoms with Gasteiger partial charge in [-0.15, -0.1) is 10.2 Å². The van der Waals surface area contributed by atoms with Gasteiger partial charge in [0.25, 0.3) is 0 Å². The van der Waals surface area contributed by atoms with Gasteiger partial charge in [0.1, 0.15) is 24.1 Å². The van der Waals surface area contributed by atoms with Crippen LogP contribution >= 0.6 is 0 Å². The first-order valence-electron chi connectivity index (χ1n) is 7.79. The molecular weight excluding hydrogens is 308 g/mol.